The van der Waals surface area contributed by atoms with E-state index >= 15 is 0 Å². The molecule has 8 nitrogen and oxygen atoms in total. The van der Waals surface area contributed by atoms with Gasteiger partial charge < -0.3 is 24.6 Å². The van der Waals surface area contributed by atoms with Gasteiger partial charge in [0.15, 0.2) is 0 Å². The number of amides is 3. The summed E-state index contributed by atoms with van der Waals surface area (Å²) < 4.78 is 11.0. The molecule has 0 radical (unpaired) electrons. The second-order valence-electron chi connectivity index (χ2n) is 11.7. The predicted octanol–water partition coefficient (Wildman–Crippen LogP) is 4.53. The first-order valence-corrected chi connectivity index (χ1v) is 14.4. The standard InChI is InChI=1S/C28H41N3O5S/c1-18(2)37-17-22-21-15-30(27(34)36-28(3,4)5)14-20(21)13-24(22)31-12-11-23(25(31)32)29-26(33)35-16-19-9-7-6-8-10-19/h6-10,18,20-24H,11-17H2,1-5H3,(H,29,33). The second kappa shape index (κ2) is 11.5. The van der Waals surface area contributed by atoms with Crippen molar-refractivity contribution in [2.75, 3.05) is 25.4 Å². The van der Waals surface area contributed by atoms with Gasteiger partial charge in [-0.05, 0) is 67.9 Å². The number of alkyl carbamates (subject to hydrolysis) is 1. The van der Waals surface area contributed by atoms with Gasteiger partial charge in [0.25, 0.3) is 0 Å². The Morgan fingerprint density at radius 1 is 1.16 bits per heavy atom. The molecule has 5 unspecified atom stereocenters. The van der Waals surface area contributed by atoms with Crippen LogP contribution in [0.1, 0.15) is 53.0 Å². The minimum Gasteiger partial charge on any atom is -0.445 e. The van der Waals surface area contributed by atoms with Crippen molar-refractivity contribution in [3.63, 3.8) is 0 Å². The van der Waals surface area contributed by atoms with Crippen molar-refractivity contribution in [3.05, 3.63) is 35.9 Å². The van der Waals surface area contributed by atoms with Crippen molar-refractivity contribution in [2.24, 2.45) is 17.8 Å². The van der Waals surface area contributed by atoms with Crippen molar-refractivity contribution in [3.8, 4) is 0 Å². The summed E-state index contributed by atoms with van der Waals surface area (Å²) in [6.45, 7) is 12.2. The van der Waals surface area contributed by atoms with Gasteiger partial charge in [-0.1, -0.05) is 44.2 Å². The molecular formula is C28H41N3O5S. The molecule has 1 aromatic rings. The highest BCUT2D eigenvalue weighted by molar-refractivity contribution is 7.99. The van der Waals surface area contributed by atoms with Crippen LogP contribution in [0.4, 0.5) is 9.59 Å². The lowest BCUT2D eigenvalue weighted by atomic mass is 9.92. The van der Waals surface area contributed by atoms with Crippen LogP contribution >= 0.6 is 11.8 Å². The van der Waals surface area contributed by atoms with Crippen LogP contribution in [0.5, 0.6) is 0 Å². The summed E-state index contributed by atoms with van der Waals surface area (Å²) in [6, 6.07) is 9.06. The summed E-state index contributed by atoms with van der Waals surface area (Å²) >= 11 is 1.91. The molecule has 0 bridgehead atoms. The van der Waals surface area contributed by atoms with E-state index in [1.165, 1.54) is 0 Å². The molecule has 4 rings (SSSR count). The van der Waals surface area contributed by atoms with Gasteiger partial charge in [-0.15, -0.1) is 0 Å². The van der Waals surface area contributed by atoms with Gasteiger partial charge >= 0.3 is 12.2 Å². The van der Waals surface area contributed by atoms with E-state index < -0.39 is 17.7 Å². The highest BCUT2D eigenvalue weighted by Crippen LogP contribution is 2.47. The fourth-order valence-electron chi connectivity index (χ4n) is 5.85. The zero-order valence-electron chi connectivity index (χ0n) is 22.6. The molecule has 3 aliphatic rings. The number of hydrogen-bond acceptors (Lipinski definition) is 6. The Morgan fingerprint density at radius 2 is 1.89 bits per heavy atom. The molecule has 3 amide bonds. The summed E-state index contributed by atoms with van der Waals surface area (Å²) in [6.07, 6.45) is 0.653. The number of carbonyl (C=O) groups is 3. The van der Waals surface area contributed by atoms with E-state index in [-0.39, 0.29) is 24.6 Å². The molecule has 37 heavy (non-hydrogen) atoms. The van der Waals surface area contributed by atoms with Crippen LogP contribution in [0.3, 0.4) is 0 Å². The first-order chi connectivity index (χ1) is 17.5. The van der Waals surface area contributed by atoms with Gasteiger partial charge in [-0.2, -0.15) is 11.8 Å². The van der Waals surface area contributed by atoms with Crippen molar-refractivity contribution in [2.45, 2.75) is 77.0 Å². The van der Waals surface area contributed by atoms with Crippen LogP contribution in [0.2, 0.25) is 0 Å². The summed E-state index contributed by atoms with van der Waals surface area (Å²) in [7, 11) is 0. The lowest BCUT2D eigenvalue weighted by molar-refractivity contribution is -0.132. The average molecular weight is 532 g/mol. The Morgan fingerprint density at radius 3 is 2.57 bits per heavy atom. The Bertz CT molecular complexity index is 966. The molecular weight excluding hydrogens is 490 g/mol. The molecule has 9 heteroatoms. The van der Waals surface area contributed by atoms with E-state index in [2.05, 4.69) is 19.2 Å². The van der Waals surface area contributed by atoms with Crippen LogP contribution in [-0.4, -0.2) is 76.2 Å². The van der Waals surface area contributed by atoms with Gasteiger partial charge in [-0.25, -0.2) is 9.59 Å². The van der Waals surface area contributed by atoms with Crippen molar-refractivity contribution in [1.82, 2.24) is 15.1 Å². The molecule has 5 atom stereocenters. The summed E-state index contributed by atoms with van der Waals surface area (Å²) in [5.74, 6) is 1.93. The van der Waals surface area contributed by atoms with Crippen LogP contribution in [0, 0.1) is 17.8 Å². The van der Waals surface area contributed by atoms with E-state index in [1.54, 1.807) is 0 Å². The zero-order chi connectivity index (χ0) is 26.7. The van der Waals surface area contributed by atoms with Crippen molar-refractivity contribution >= 4 is 29.9 Å². The van der Waals surface area contributed by atoms with Crippen LogP contribution in [-0.2, 0) is 20.9 Å². The maximum Gasteiger partial charge on any atom is 0.410 e. The molecule has 0 aromatic heterocycles. The largest absolute Gasteiger partial charge is 0.445 e. The minimum atomic E-state index is -0.563. The number of nitrogens with one attached hydrogen (secondary N) is 1. The van der Waals surface area contributed by atoms with Crippen LogP contribution in [0.15, 0.2) is 30.3 Å². The highest BCUT2D eigenvalue weighted by atomic mass is 32.2. The first-order valence-electron chi connectivity index (χ1n) is 13.4. The molecule has 1 aromatic carbocycles. The van der Waals surface area contributed by atoms with Crippen LogP contribution in [0.25, 0.3) is 0 Å². The van der Waals surface area contributed by atoms with Gasteiger partial charge in [0, 0.05) is 25.7 Å². The maximum absolute atomic E-state index is 13.4. The number of rotatable bonds is 7. The maximum atomic E-state index is 13.4. The van der Waals surface area contributed by atoms with Gasteiger partial charge in [0.2, 0.25) is 5.91 Å². The molecule has 1 saturated carbocycles. The minimum absolute atomic E-state index is 0.0230. The molecule has 0 spiro atoms. The SMILES string of the molecule is CC(C)SCC1C2CN(C(=O)OC(C)(C)C)CC2CC1N1CCC(NC(=O)OCc2ccccc2)C1=O. The number of carbonyl (C=O) groups excluding carboxylic acids is 3. The fourth-order valence-corrected chi connectivity index (χ4v) is 6.92. The highest BCUT2D eigenvalue weighted by Gasteiger charge is 2.53. The number of likely N-dealkylation sites (tertiary alicyclic amines) is 2. The topological polar surface area (TPSA) is 88.2 Å². The van der Waals surface area contributed by atoms with Crippen molar-refractivity contribution in [1.29, 1.82) is 0 Å². The number of ether oxygens (including phenoxy) is 2. The molecule has 2 heterocycles. The Kier molecular flexibility index (Phi) is 8.61. The third kappa shape index (κ3) is 6.92. The lowest BCUT2D eigenvalue weighted by Gasteiger charge is -2.33. The molecule has 1 aliphatic carbocycles. The zero-order valence-corrected chi connectivity index (χ0v) is 23.5. The quantitative estimate of drug-likeness (QED) is 0.556. The average Bonchev–Trinajstić information content (AvgIpc) is 3.49. The third-order valence-electron chi connectivity index (χ3n) is 7.50. The van der Waals surface area contributed by atoms with E-state index in [4.69, 9.17) is 9.47 Å². The predicted molar refractivity (Wildman–Crippen MR) is 144 cm³/mol. The van der Waals surface area contributed by atoms with E-state index in [0.717, 1.165) is 17.7 Å². The number of benzene rings is 1. The van der Waals surface area contributed by atoms with Crippen LogP contribution < -0.4 is 5.32 Å². The number of thioether (sulfide) groups is 1. The third-order valence-corrected chi connectivity index (χ3v) is 8.74. The second-order valence-corrected chi connectivity index (χ2v) is 13.3. The van der Waals surface area contributed by atoms with E-state index in [1.807, 2.05) is 72.7 Å². The first kappa shape index (κ1) is 27.6. The molecule has 1 N–H and O–H groups in total. The monoisotopic (exact) mass is 531 g/mol. The smallest absolute Gasteiger partial charge is 0.410 e. The molecule has 204 valence electrons. The van der Waals surface area contributed by atoms with E-state index in [9.17, 15) is 14.4 Å². The van der Waals surface area contributed by atoms with Gasteiger partial charge in [0.05, 0.1) is 0 Å². The number of nitrogens with zero attached hydrogens (tertiary/aromatic N) is 2. The molecule has 2 aliphatic heterocycles. The summed E-state index contributed by atoms with van der Waals surface area (Å²) in [4.78, 5) is 42.4. The number of hydrogen-bond donors (Lipinski definition) is 1. The summed E-state index contributed by atoms with van der Waals surface area (Å²) in [5.41, 5.74) is 0.386. The Hall–Kier alpha value is -2.42. The summed E-state index contributed by atoms with van der Waals surface area (Å²) in [5, 5.41) is 3.28. The van der Waals surface area contributed by atoms with Gasteiger partial charge in [-0.3, -0.25) is 4.79 Å². The van der Waals surface area contributed by atoms with E-state index in [0.29, 0.717) is 49.1 Å². The Balaban J connectivity index is 1.36. The Labute approximate surface area is 224 Å². The number of fused-ring (bicyclic) bond motifs is 1. The normalized spacial score (nSPS) is 27.5. The molecule has 3 fully saturated rings. The fraction of sp³-hybridized carbons (Fsp3) is 0.679. The van der Waals surface area contributed by atoms with Gasteiger partial charge in [0.1, 0.15) is 18.2 Å². The molecule has 2 saturated heterocycles. The van der Waals surface area contributed by atoms with Crippen molar-refractivity contribution < 1.29 is 23.9 Å². The lowest BCUT2D eigenvalue weighted by Crippen LogP contribution is -2.47.